The van der Waals surface area contributed by atoms with Crippen LogP contribution in [0.5, 0.6) is 0 Å². The highest BCUT2D eigenvalue weighted by atomic mass is 79.9. The standard InChI is InChI=1S/C17H16BrF2N3O2/c1-23(9-16(24)21-13-4-2-3-12(19)8-13)10-17(25)22-15-6-5-11(18)7-14(15)20/h2-8H,9-10H2,1H3,(H,21,24)(H,22,25)/p+1. The van der Waals surface area contributed by atoms with Crippen molar-refractivity contribution >= 4 is 39.1 Å². The first kappa shape index (κ1) is 19.0. The maximum absolute atomic E-state index is 13.7. The number of rotatable bonds is 6. The first-order valence-electron chi connectivity index (χ1n) is 7.45. The molecule has 0 aromatic heterocycles. The first-order chi connectivity index (χ1) is 11.8. The molecular formula is C17H17BrF2N3O2+. The lowest BCUT2D eigenvalue weighted by Crippen LogP contribution is -3.11. The third-order valence-corrected chi connectivity index (χ3v) is 3.73. The molecule has 2 amide bonds. The second kappa shape index (κ2) is 8.68. The van der Waals surface area contributed by atoms with Crippen LogP contribution in [0.2, 0.25) is 0 Å². The highest BCUT2D eigenvalue weighted by Gasteiger charge is 2.16. The monoisotopic (exact) mass is 412 g/mol. The summed E-state index contributed by atoms with van der Waals surface area (Å²) in [6.45, 7) is -0.0151. The summed E-state index contributed by atoms with van der Waals surface area (Å²) in [6, 6.07) is 9.85. The molecule has 2 rings (SSSR count). The average Bonchev–Trinajstić information content (AvgIpc) is 2.49. The fraction of sp³-hybridized carbons (Fsp3) is 0.176. The van der Waals surface area contributed by atoms with Crippen LogP contribution < -0.4 is 15.5 Å². The number of anilines is 2. The number of quaternary nitrogens is 1. The van der Waals surface area contributed by atoms with E-state index < -0.39 is 17.5 Å². The zero-order valence-corrected chi connectivity index (χ0v) is 15.0. The summed E-state index contributed by atoms with van der Waals surface area (Å²) < 4.78 is 27.3. The van der Waals surface area contributed by atoms with E-state index in [1.54, 1.807) is 19.2 Å². The van der Waals surface area contributed by atoms with E-state index in [1.165, 1.54) is 30.3 Å². The number of likely N-dealkylation sites (N-methyl/N-ethyl adjacent to an activating group) is 1. The number of nitrogens with one attached hydrogen (secondary N) is 3. The van der Waals surface area contributed by atoms with E-state index in [4.69, 9.17) is 0 Å². The van der Waals surface area contributed by atoms with Gasteiger partial charge in [-0.25, -0.2) is 8.78 Å². The van der Waals surface area contributed by atoms with Gasteiger partial charge in [-0.3, -0.25) is 9.59 Å². The highest BCUT2D eigenvalue weighted by Crippen LogP contribution is 2.18. The molecule has 0 spiro atoms. The van der Waals surface area contributed by atoms with Gasteiger partial charge >= 0.3 is 0 Å². The maximum atomic E-state index is 13.7. The molecule has 0 saturated carbocycles. The van der Waals surface area contributed by atoms with Crippen LogP contribution >= 0.6 is 15.9 Å². The minimum atomic E-state index is -0.552. The summed E-state index contributed by atoms with van der Waals surface area (Å²) in [5, 5.41) is 5.02. The lowest BCUT2D eigenvalue weighted by Gasteiger charge is -2.14. The lowest BCUT2D eigenvalue weighted by molar-refractivity contribution is -0.862. The predicted octanol–water partition coefficient (Wildman–Crippen LogP) is 1.82. The van der Waals surface area contributed by atoms with Crippen LogP contribution in [-0.4, -0.2) is 32.0 Å². The fourth-order valence-electron chi connectivity index (χ4n) is 2.17. The Bertz CT molecular complexity index is 786. The van der Waals surface area contributed by atoms with E-state index in [-0.39, 0.29) is 24.7 Å². The Kier molecular flexibility index (Phi) is 6.60. The molecule has 132 valence electrons. The van der Waals surface area contributed by atoms with Gasteiger partial charge in [0.1, 0.15) is 11.6 Å². The Balaban J connectivity index is 1.83. The van der Waals surface area contributed by atoms with E-state index >= 15 is 0 Å². The van der Waals surface area contributed by atoms with Gasteiger partial charge in [0.2, 0.25) is 0 Å². The van der Waals surface area contributed by atoms with E-state index in [1.807, 2.05) is 0 Å². The third-order valence-electron chi connectivity index (χ3n) is 3.24. The smallest absolute Gasteiger partial charge is 0.279 e. The van der Waals surface area contributed by atoms with Crippen LogP contribution in [0.1, 0.15) is 0 Å². The van der Waals surface area contributed by atoms with Gasteiger partial charge in [-0.15, -0.1) is 0 Å². The molecule has 0 radical (unpaired) electrons. The molecule has 3 N–H and O–H groups in total. The molecule has 2 aromatic rings. The van der Waals surface area contributed by atoms with E-state index in [2.05, 4.69) is 26.6 Å². The van der Waals surface area contributed by atoms with Crippen molar-refractivity contribution in [3.05, 3.63) is 58.6 Å². The van der Waals surface area contributed by atoms with Crippen molar-refractivity contribution in [2.24, 2.45) is 0 Å². The molecular weight excluding hydrogens is 396 g/mol. The Morgan fingerprint density at radius 2 is 1.72 bits per heavy atom. The molecule has 0 aliphatic carbocycles. The predicted molar refractivity (Wildman–Crippen MR) is 94.4 cm³/mol. The second-order valence-electron chi connectivity index (χ2n) is 5.54. The molecule has 1 unspecified atom stereocenters. The van der Waals surface area contributed by atoms with Crippen molar-refractivity contribution in [3.63, 3.8) is 0 Å². The number of carbonyl (C=O) groups excluding carboxylic acids is 2. The van der Waals surface area contributed by atoms with Gasteiger partial charge in [-0.2, -0.15) is 0 Å². The summed E-state index contributed by atoms with van der Waals surface area (Å²) in [7, 11) is 1.66. The molecule has 25 heavy (non-hydrogen) atoms. The minimum absolute atomic E-state index is 0.00670. The van der Waals surface area contributed by atoms with Crippen molar-refractivity contribution in [1.29, 1.82) is 0 Å². The zero-order valence-electron chi connectivity index (χ0n) is 13.4. The fourth-order valence-corrected chi connectivity index (χ4v) is 2.50. The molecule has 2 aromatic carbocycles. The lowest BCUT2D eigenvalue weighted by atomic mass is 10.3. The Labute approximate surface area is 152 Å². The van der Waals surface area contributed by atoms with Gasteiger partial charge in [-0.1, -0.05) is 22.0 Å². The Morgan fingerprint density at radius 3 is 2.36 bits per heavy atom. The summed E-state index contributed by atoms with van der Waals surface area (Å²) in [4.78, 5) is 24.5. The third kappa shape index (κ3) is 6.24. The molecule has 0 saturated heterocycles. The second-order valence-corrected chi connectivity index (χ2v) is 6.46. The van der Waals surface area contributed by atoms with Gasteiger partial charge in [0.15, 0.2) is 13.1 Å². The average molecular weight is 413 g/mol. The molecule has 0 fully saturated rings. The van der Waals surface area contributed by atoms with Crippen LogP contribution in [0, 0.1) is 11.6 Å². The summed E-state index contributed by atoms with van der Waals surface area (Å²) >= 11 is 3.14. The van der Waals surface area contributed by atoms with Crippen molar-refractivity contribution in [2.75, 3.05) is 30.8 Å². The highest BCUT2D eigenvalue weighted by molar-refractivity contribution is 9.10. The van der Waals surface area contributed by atoms with Crippen LogP contribution in [0.25, 0.3) is 0 Å². The number of halogens is 3. The number of hydrogen-bond acceptors (Lipinski definition) is 2. The van der Waals surface area contributed by atoms with Crippen LogP contribution in [-0.2, 0) is 9.59 Å². The largest absolute Gasteiger partial charge is 0.322 e. The van der Waals surface area contributed by atoms with Gasteiger partial charge in [0, 0.05) is 10.2 Å². The molecule has 5 nitrogen and oxygen atoms in total. The topological polar surface area (TPSA) is 62.6 Å². The summed E-state index contributed by atoms with van der Waals surface area (Å²) in [6.07, 6.45) is 0. The van der Waals surface area contributed by atoms with Crippen molar-refractivity contribution in [2.45, 2.75) is 0 Å². The summed E-state index contributed by atoms with van der Waals surface area (Å²) in [5.41, 5.74) is 0.421. The van der Waals surface area contributed by atoms with Crippen LogP contribution in [0.4, 0.5) is 20.2 Å². The Hall–Kier alpha value is -2.32. The van der Waals surface area contributed by atoms with Gasteiger partial charge in [0.25, 0.3) is 11.8 Å². The van der Waals surface area contributed by atoms with E-state index in [0.717, 1.165) is 0 Å². The molecule has 0 aliphatic heterocycles. The minimum Gasteiger partial charge on any atom is -0.322 e. The number of hydrogen-bond donors (Lipinski definition) is 3. The van der Waals surface area contributed by atoms with E-state index in [9.17, 15) is 18.4 Å². The quantitative estimate of drug-likeness (QED) is 0.677. The number of benzene rings is 2. The molecule has 1 atom stereocenters. The zero-order chi connectivity index (χ0) is 18.4. The summed E-state index contributed by atoms with van der Waals surface area (Å²) in [5.74, 6) is -1.78. The van der Waals surface area contributed by atoms with Gasteiger partial charge in [0.05, 0.1) is 12.7 Å². The normalized spacial score (nSPS) is 11.7. The molecule has 0 bridgehead atoms. The van der Waals surface area contributed by atoms with Gasteiger partial charge < -0.3 is 15.5 Å². The molecule has 0 aliphatic rings. The SMILES string of the molecule is C[NH+](CC(=O)Nc1cccc(F)c1)CC(=O)Nc1ccc(Br)cc1F. The van der Waals surface area contributed by atoms with Crippen LogP contribution in [0.15, 0.2) is 46.9 Å². The first-order valence-corrected chi connectivity index (χ1v) is 8.24. The van der Waals surface area contributed by atoms with Gasteiger partial charge in [-0.05, 0) is 36.4 Å². The van der Waals surface area contributed by atoms with Crippen LogP contribution in [0.3, 0.4) is 0 Å². The van der Waals surface area contributed by atoms with Crippen molar-refractivity contribution in [1.82, 2.24) is 0 Å². The van der Waals surface area contributed by atoms with E-state index in [0.29, 0.717) is 15.1 Å². The molecule has 8 heteroatoms. The van der Waals surface area contributed by atoms with Crippen molar-refractivity contribution in [3.8, 4) is 0 Å². The Morgan fingerprint density at radius 1 is 1.04 bits per heavy atom. The molecule has 0 heterocycles. The number of amides is 2. The number of carbonyl (C=O) groups is 2. The maximum Gasteiger partial charge on any atom is 0.279 e. The van der Waals surface area contributed by atoms with Crippen molar-refractivity contribution < 1.29 is 23.3 Å².